The maximum absolute atomic E-state index is 11.7. The molecule has 0 bridgehead atoms. The summed E-state index contributed by atoms with van der Waals surface area (Å²) in [6, 6.07) is 1.83. The maximum atomic E-state index is 11.7. The van der Waals surface area contributed by atoms with Crippen LogP contribution in [0.3, 0.4) is 0 Å². The van der Waals surface area contributed by atoms with Gasteiger partial charge in [-0.1, -0.05) is 11.6 Å². The van der Waals surface area contributed by atoms with Crippen molar-refractivity contribution < 1.29 is 19.4 Å². The number of carboxylic acid groups (broad SMARTS) is 1. The van der Waals surface area contributed by atoms with E-state index in [-0.39, 0.29) is 18.6 Å². The van der Waals surface area contributed by atoms with E-state index in [2.05, 4.69) is 14.5 Å². The summed E-state index contributed by atoms with van der Waals surface area (Å²) in [4.78, 5) is 26.4. The first-order chi connectivity index (χ1) is 10.1. The second-order valence-electron chi connectivity index (χ2n) is 4.67. The molecule has 0 fully saturated rings. The molecule has 0 saturated carbocycles. The van der Waals surface area contributed by atoms with Gasteiger partial charge in [-0.3, -0.25) is 9.59 Å². The van der Waals surface area contributed by atoms with Crippen LogP contribution < -0.4 is 4.68 Å². The molecule has 0 spiro atoms. The zero-order valence-corrected chi connectivity index (χ0v) is 12.3. The van der Waals surface area contributed by atoms with Crippen molar-refractivity contribution in [1.82, 2.24) is 14.5 Å². The van der Waals surface area contributed by atoms with Crippen LogP contribution in [0.1, 0.15) is 19.8 Å². The highest BCUT2D eigenvalue weighted by Crippen LogP contribution is 2.12. The minimum Gasteiger partial charge on any atom is -0.481 e. The number of rotatable bonds is 7. The number of nitrogens with zero attached hydrogens (tertiary/aromatic N) is 4. The molecule has 8 heteroatoms. The van der Waals surface area contributed by atoms with Gasteiger partial charge < -0.3 is 5.11 Å². The van der Waals surface area contributed by atoms with Gasteiger partial charge in [0.05, 0.1) is 17.9 Å². The average Bonchev–Trinajstić information content (AvgIpc) is 2.99. The number of hydrogen-bond acceptors (Lipinski definition) is 6. The zero-order valence-electron chi connectivity index (χ0n) is 11.5. The lowest BCUT2D eigenvalue weighted by Gasteiger charge is -2.03. The molecule has 21 heavy (non-hydrogen) atoms. The summed E-state index contributed by atoms with van der Waals surface area (Å²) in [6.07, 6.45) is 3.72. The summed E-state index contributed by atoms with van der Waals surface area (Å²) < 4.78 is 5.75. The van der Waals surface area contributed by atoms with E-state index in [1.807, 2.05) is 6.07 Å². The smallest absolute Gasteiger partial charge is 0.306 e. The van der Waals surface area contributed by atoms with Gasteiger partial charge in [-0.25, -0.2) is 4.98 Å². The third-order valence-corrected chi connectivity index (χ3v) is 3.44. The summed E-state index contributed by atoms with van der Waals surface area (Å²) in [6.45, 7) is 1.96. The largest absolute Gasteiger partial charge is 0.481 e. The van der Waals surface area contributed by atoms with E-state index < -0.39 is 11.9 Å². The van der Waals surface area contributed by atoms with Gasteiger partial charge in [0.2, 0.25) is 0 Å². The van der Waals surface area contributed by atoms with E-state index in [9.17, 15) is 9.59 Å². The Kier molecular flexibility index (Phi) is 5.04. The Morgan fingerprint density at radius 1 is 1.48 bits per heavy atom. The van der Waals surface area contributed by atoms with Crippen molar-refractivity contribution in [3.05, 3.63) is 24.0 Å². The molecule has 0 aliphatic rings. The quantitative estimate of drug-likeness (QED) is 0.765. The van der Waals surface area contributed by atoms with Crippen molar-refractivity contribution in [3.63, 3.8) is 0 Å². The van der Waals surface area contributed by atoms with Crippen LogP contribution in [-0.4, -0.2) is 31.3 Å². The summed E-state index contributed by atoms with van der Waals surface area (Å²) in [5, 5.41) is 13.0. The second kappa shape index (κ2) is 6.98. The number of carbonyl (C=O) groups is 2. The second-order valence-corrected chi connectivity index (χ2v) is 5.27. The molecule has 7 nitrogen and oxygen atoms in total. The lowest BCUT2D eigenvalue weighted by molar-refractivity contribution is -0.752. The van der Waals surface area contributed by atoms with Crippen molar-refractivity contribution in [2.75, 3.05) is 0 Å². The van der Waals surface area contributed by atoms with Crippen molar-refractivity contribution in [2.24, 2.45) is 5.92 Å². The Balaban J connectivity index is 1.86. The van der Waals surface area contributed by atoms with Gasteiger partial charge in [0.1, 0.15) is 17.5 Å². The standard InChI is InChI=1S/C13H14N4O3S/c1-9(13(19)20)6-11(18)3-5-17-4-2-10(7-15-17)12-14-8-21-16-12/h2,4,7-9H,3,5-6H2,1H3/p+1. The molecule has 0 aliphatic heterocycles. The number of ketones is 1. The summed E-state index contributed by atoms with van der Waals surface area (Å²) >= 11 is 1.27. The predicted octanol–water partition coefficient (Wildman–Crippen LogP) is 0.958. The molecular weight excluding hydrogens is 292 g/mol. The van der Waals surface area contributed by atoms with Gasteiger partial charge in [0.15, 0.2) is 18.6 Å². The van der Waals surface area contributed by atoms with Crippen LogP contribution in [0.2, 0.25) is 0 Å². The first kappa shape index (κ1) is 15.2. The van der Waals surface area contributed by atoms with E-state index in [0.29, 0.717) is 12.4 Å². The third-order valence-electron chi connectivity index (χ3n) is 2.97. The summed E-state index contributed by atoms with van der Waals surface area (Å²) in [5.74, 6) is -1.04. The lowest BCUT2D eigenvalue weighted by atomic mass is 10.0. The number of aryl methyl sites for hydroxylation is 1. The highest BCUT2D eigenvalue weighted by Gasteiger charge is 2.17. The van der Waals surface area contributed by atoms with Gasteiger partial charge in [-0.05, 0) is 16.6 Å². The van der Waals surface area contributed by atoms with Gasteiger partial charge in [-0.15, -0.1) is 0 Å². The third kappa shape index (κ3) is 4.38. The van der Waals surface area contributed by atoms with Gasteiger partial charge >= 0.3 is 5.97 Å². The van der Waals surface area contributed by atoms with Crippen LogP contribution in [0.15, 0.2) is 24.0 Å². The molecule has 0 saturated heterocycles. The van der Waals surface area contributed by atoms with Gasteiger partial charge in [0, 0.05) is 12.5 Å². The summed E-state index contributed by atoms with van der Waals surface area (Å²) in [7, 11) is 0. The fourth-order valence-corrected chi connectivity index (χ4v) is 2.16. The normalized spacial score (nSPS) is 12.0. The van der Waals surface area contributed by atoms with Gasteiger partial charge in [0.25, 0.3) is 0 Å². The van der Waals surface area contributed by atoms with E-state index in [1.54, 1.807) is 22.6 Å². The van der Waals surface area contributed by atoms with E-state index in [0.717, 1.165) is 5.56 Å². The summed E-state index contributed by atoms with van der Waals surface area (Å²) in [5.41, 5.74) is 2.47. The molecule has 0 aliphatic carbocycles. The van der Waals surface area contributed by atoms with Crippen molar-refractivity contribution >= 4 is 23.3 Å². The Hall–Kier alpha value is -2.22. The number of carboxylic acids is 1. The molecular formula is C13H15N4O3S+. The Labute approximate surface area is 125 Å². The van der Waals surface area contributed by atoms with Crippen molar-refractivity contribution in [1.29, 1.82) is 0 Å². The van der Waals surface area contributed by atoms with E-state index in [1.165, 1.54) is 18.5 Å². The molecule has 1 unspecified atom stereocenters. The molecule has 2 aromatic rings. The van der Waals surface area contributed by atoms with Gasteiger partial charge in [-0.2, -0.15) is 4.37 Å². The molecule has 110 valence electrons. The number of Topliss-reactive ketones (excluding diaryl/α,β-unsaturated/α-hetero) is 1. The molecule has 0 radical (unpaired) electrons. The molecule has 2 aromatic heterocycles. The van der Waals surface area contributed by atoms with E-state index >= 15 is 0 Å². The van der Waals surface area contributed by atoms with Crippen LogP contribution in [0.5, 0.6) is 0 Å². The average molecular weight is 307 g/mol. The van der Waals surface area contributed by atoms with Crippen LogP contribution >= 0.6 is 11.5 Å². The van der Waals surface area contributed by atoms with Crippen LogP contribution in [-0.2, 0) is 16.1 Å². The zero-order chi connectivity index (χ0) is 15.2. The topological polar surface area (TPSA) is 96.9 Å². The molecule has 2 heterocycles. The fourth-order valence-electron chi connectivity index (χ4n) is 1.72. The predicted molar refractivity (Wildman–Crippen MR) is 74.4 cm³/mol. The Morgan fingerprint density at radius 2 is 2.29 bits per heavy atom. The number of hydrogen-bond donors (Lipinski definition) is 1. The van der Waals surface area contributed by atoms with Crippen molar-refractivity contribution in [3.8, 4) is 11.4 Å². The minimum atomic E-state index is -0.950. The van der Waals surface area contributed by atoms with Crippen LogP contribution in [0.25, 0.3) is 11.4 Å². The highest BCUT2D eigenvalue weighted by molar-refractivity contribution is 7.03. The van der Waals surface area contributed by atoms with E-state index in [4.69, 9.17) is 5.11 Å². The SMILES string of the molecule is CC(CC(=O)CC[n+]1ccc(-c2ncsn2)cn1)C(=O)O. The monoisotopic (exact) mass is 307 g/mol. The highest BCUT2D eigenvalue weighted by atomic mass is 32.1. The molecule has 1 N–H and O–H groups in total. The molecule has 1 atom stereocenters. The first-order valence-corrected chi connectivity index (χ1v) is 7.27. The number of carbonyl (C=O) groups excluding carboxylic acids is 1. The first-order valence-electron chi connectivity index (χ1n) is 6.43. The fraction of sp³-hybridized carbons (Fsp3) is 0.385. The Bertz CT molecular complexity index is 613. The maximum Gasteiger partial charge on any atom is 0.306 e. The Morgan fingerprint density at radius 3 is 2.86 bits per heavy atom. The molecule has 0 aromatic carbocycles. The number of aliphatic carboxylic acids is 1. The minimum absolute atomic E-state index is 0.0523. The number of aromatic nitrogens is 4. The molecule has 2 rings (SSSR count). The van der Waals surface area contributed by atoms with Crippen molar-refractivity contribution in [2.45, 2.75) is 26.3 Å². The van der Waals surface area contributed by atoms with Crippen LogP contribution in [0, 0.1) is 5.92 Å². The van der Waals surface area contributed by atoms with Crippen LogP contribution in [0.4, 0.5) is 0 Å². The lowest BCUT2D eigenvalue weighted by Crippen LogP contribution is -2.38. The molecule has 0 amide bonds.